The highest BCUT2D eigenvalue weighted by Gasteiger charge is 2.27. The zero-order chi connectivity index (χ0) is 29.1. The molecule has 11 heteroatoms. The molecule has 1 saturated heterocycles. The van der Waals surface area contributed by atoms with Crippen LogP contribution in [-0.4, -0.2) is 46.5 Å². The smallest absolute Gasteiger partial charge is 0.250 e. The number of carbonyl (C=O) groups excluding carboxylic acids is 1. The summed E-state index contributed by atoms with van der Waals surface area (Å²) in [6.07, 6.45) is 6.64. The molecular formula is C31H26FN5O3S2. The molecule has 5 aromatic rings. The fourth-order valence-corrected chi connectivity index (χ4v) is 6.95. The van der Waals surface area contributed by atoms with Crippen molar-refractivity contribution in [3.63, 3.8) is 0 Å². The molecule has 0 unspecified atom stereocenters. The first-order chi connectivity index (χ1) is 20.4. The monoisotopic (exact) mass is 599 g/mol. The van der Waals surface area contributed by atoms with E-state index in [9.17, 15) is 17.6 Å². The lowest BCUT2D eigenvalue weighted by Crippen LogP contribution is -2.27. The summed E-state index contributed by atoms with van der Waals surface area (Å²) in [7, 11) is -3.49. The summed E-state index contributed by atoms with van der Waals surface area (Å²) in [5.41, 5.74) is 4.24. The van der Waals surface area contributed by atoms with E-state index < -0.39 is 10.0 Å². The van der Waals surface area contributed by atoms with Gasteiger partial charge >= 0.3 is 0 Å². The Labute approximate surface area is 246 Å². The van der Waals surface area contributed by atoms with Crippen molar-refractivity contribution in [2.75, 3.05) is 18.4 Å². The summed E-state index contributed by atoms with van der Waals surface area (Å²) in [5, 5.41) is 9.68. The second-order valence-electron chi connectivity index (χ2n) is 9.72. The summed E-state index contributed by atoms with van der Waals surface area (Å²) in [5.74, 6) is -0.718. The number of sulfonamides is 1. The van der Waals surface area contributed by atoms with Crippen LogP contribution >= 0.6 is 11.3 Å². The number of benzene rings is 3. The molecule has 2 aromatic heterocycles. The van der Waals surface area contributed by atoms with Crippen LogP contribution in [0.25, 0.3) is 34.3 Å². The van der Waals surface area contributed by atoms with Crippen molar-refractivity contribution >= 4 is 38.5 Å². The summed E-state index contributed by atoms with van der Waals surface area (Å²) >= 11 is 1.27. The topological polar surface area (TPSA) is 97.2 Å². The van der Waals surface area contributed by atoms with Crippen molar-refractivity contribution < 1.29 is 17.6 Å². The molecule has 8 nitrogen and oxygen atoms in total. The van der Waals surface area contributed by atoms with E-state index in [1.165, 1.54) is 33.9 Å². The average molecular weight is 600 g/mol. The minimum atomic E-state index is -3.49. The normalized spacial score (nSPS) is 14.0. The summed E-state index contributed by atoms with van der Waals surface area (Å²) in [4.78, 5) is 17.6. The van der Waals surface area contributed by atoms with Crippen LogP contribution in [0.4, 0.5) is 9.52 Å². The van der Waals surface area contributed by atoms with E-state index in [0.29, 0.717) is 35.2 Å². The van der Waals surface area contributed by atoms with Crippen LogP contribution in [0.15, 0.2) is 101 Å². The number of rotatable bonds is 8. The molecule has 3 aromatic carbocycles. The zero-order valence-electron chi connectivity index (χ0n) is 22.4. The van der Waals surface area contributed by atoms with E-state index in [-0.39, 0.29) is 16.6 Å². The number of hydrogen-bond acceptors (Lipinski definition) is 6. The van der Waals surface area contributed by atoms with Crippen LogP contribution in [0.5, 0.6) is 0 Å². The molecule has 0 spiro atoms. The van der Waals surface area contributed by atoms with Gasteiger partial charge < -0.3 is 0 Å². The molecule has 0 saturated carbocycles. The van der Waals surface area contributed by atoms with Gasteiger partial charge in [0.05, 0.1) is 22.0 Å². The summed E-state index contributed by atoms with van der Waals surface area (Å²) < 4.78 is 42.4. The summed E-state index contributed by atoms with van der Waals surface area (Å²) in [6, 6.07) is 22.3. The van der Waals surface area contributed by atoms with Gasteiger partial charge in [0.25, 0.3) is 0 Å². The third-order valence-electron chi connectivity index (χ3n) is 6.88. The van der Waals surface area contributed by atoms with Crippen molar-refractivity contribution in [2.45, 2.75) is 17.7 Å². The molecule has 212 valence electrons. The Kier molecular flexibility index (Phi) is 7.79. The fourth-order valence-electron chi connectivity index (χ4n) is 4.71. The first kappa shape index (κ1) is 27.7. The Morgan fingerprint density at radius 3 is 2.33 bits per heavy atom. The minimum absolute atomic E-state index is 0.262. The molecule has 0 atom stereocenters. The maximum atomic E-state index is 13.5. The van der Waals surface area contributed by atoms with Crippen molar-refractivity contribution in [3.05, 3.63) is 108 Å². The lowest BCUT2D eigenvalue weighted by atomic mass is 10.1. The molecule has 1 aliphatic rings. The number of halogens is 1. The number of amides is 1. The highest BCUT2D eigenvalue weighted by atomic mass is 32.2. The first-order valence-corrected chi connectivity index (χ1v) is 15.6. The molecule has 42 heavy (non-hydrogen) atoms. The average Bonchev–Trinajstić information content (AvgIpc) is 3.79. The SMILES string of the molecule is O=C(C=Cc1cn(-c2ccccc2)nc1-c1ccc(F)cc1)Nc1nc(-c2ccc(S(=O)(=O)N3CCCC3)cc2)cs1. The van der Waals surface area contributed by atoms with E-state index in [1.807, 2.05) is 36.5 Å². The Morgan fingerprint density at radius 2 is 1.62 bits per heavy atom. The van der Waals surface area contributed by atoms with Crippen LogP contribution in [0.1, 0.15) is 18.4 Å². The van der Waals surface area contributed by atoms with Gasteiger partial charge in [-0.3, -0.25) is 10.1 Å². The maximum absolute atomic E-state index is 13.5. The van der Waals surface area contributed by atoms with Crippen LogP contribution in [0, 0.1) is 5.82 Å². The van der Waals surface area contributed by atoms with Crippen molar-refractivity contribution in [3.8, 4) is 28.2 Å². The van der Waals surface area contributed by atoms with E-state index >= 15 is 0 Å². The van der Waals surface area contributed by atoms with Gasteiger partial charge in [0.2, 0.25) is 15.9 Å². The molecule has 6 rings (SSSR count). The molecule has 1 aliphatic heterocycles. The van der Waals surface area contributed by atoms with Crippen LogP contribution in [0.3, 0.4) is 0 Å². The predicted octanol–water partition coefficient (Wildman–Crippen LogP) is 6.24. The van der Waals surface area contributed by atoms with Crippen LogP contribution in [0.2, 0.25) is 0 Å². The quantitative estimate of drug-likeness (QED) is 0.213. The first-order valence-electron chi connectivity index (χ1n) is 13.3. The second-order valence-corrected chi connectivity index (χ2v) is 12.5. The molecule has 1 amide bonds. The van der Waals surface area contributed by atoms with Gasteiger partial charge in [-0.15, -0.1) is 11.3 Å². The zero-order valence-corrected chi connectivity index (χ0v) is 24.0. The lowest BCUT2D eigenvalue weighted by Gasteiger charge is -2.15. The van der Waals surface area contributed by atoms with Crippen molar-refractivity contribution in [1.82, 2.24) is 19.1 Å². The number of hydrogen-bond donors (Lipinski definition) is 1. The third kappa shape index (κ3) is 5.94. The molecular weight excluding hydrogens is 574 g/mol. The second kappa shape index (κ2) is 11.8. The minimum Gasteiger partial charge on any atom is -0.298 e. The number of thiazole rings is 1. The van der Waals surface area contributed by atoms with Crippen molar-refractivity contribution in [1.29, 1.82) is 0 Å². The molecule has 0 bridgehead atoms. The largest absolute Gasteiger partial charge is 0.298 e. The van der Waals surface area contributed by atoms with Gasteiger partial charge in [-0.1, -0.05) is 30.3 Å². The van der Waals surface area contributed by atoms with Gasteiger partial charge in [0.15, 0.2) is 5.13 Å². The van der Waals surface area contributed by atoms with E-state index in [4.69, 9.17) is 0 Å². The number of aromatic nitrogens is 3. The third-order valence-corrected chi connectivity index (χ3v) is 9.55. The van der Waals surface area contributed by atoms with Crippen LogP contribution < -0.4 is 5.32 Å². The Morgan fingerprint density at radius 1 is 0.929 bits per heavy atom. The Balaban J connectivity index is 1.17. The molecule has 0 radical (unpaired) electrons. The van der Waals surface area contributed by atoms with E-state index in [2.05, 4.69) is 15.4 Å². The predicted molar refractivity (Wildman–Crippen MR) is 162 cm³/mol. The molecule has 0 aliphatic carbocycles. The molecule has 1 fully saturated rings. The standard InChI is InChI=1S/C31H26FN5O3S2/c32-25-13-8-23(9-14-25)30-24(20-37(35-30)26-6-2-1-3-7-26)12-17-29(38)34-31-33-28(21-41-31)22-10-15-27(16-11-22)42(39,40)36-18-4-5-19-36/h1-3,6-17,20-21H,4-5,18-19H2,(H,33,34,38). The highest BCUT2D eigenvalue weighted by Crippen LogP contribution is 2.28. The number of para-hydroxylation sites is 1. The van der Waals surface area contributed by atoms with Crippen molar-refractivity contribution in [2.24, 2.45) is 0 Å². The van der Waals surface area contributed by atoms with Gasteiger partial charge in [-0.25, -0.2) is 22.5 Å². The van der Waals surface area contributed by atoms with Gasteiger partial charge in [0, 0.05) is 47.4 Å². The Bertz CT molecular complexity index is 1840. The van der Waals surface area contributed by atoms with Crippen LogP contribution in [-0.2, 0) is 14.8 Å². The Hall–Kier alpha value is -4.45. The number of anilines is 1. The van der Waals surface area contributed by atoms with Gasteiger partial charge in [-0.05, 0) is 67.4 Å². The van der Waals surface area contributed by atoms with Gasteiger partial charge in [-0.2, -0.15) is 9.40 Å². The highest BCUT2D eigenvalue weighted by molar-refractivity contribution is 7.89. The molecule has 1 N–H and O–H groups in total. The molecule has 3 heterocycles. The van der Waals surface area contributed by atoms with E-state index in [0.717, 1.165) is 29.7 Å². The number of nitrogens with one attached hydrogen (secondary N) is 1. The lowest BCUT2D eigenvalue weighted by molar-refractivity contribution is -0.111. The summed E-state index contributed by atoms with van der Waals surface area (Å²) in [6.45, 7) is 1.10. The number of nitrogens with zero attached hydrogens (tertiary/aromatic N) is 4. The maximum Gasteiger partial charge on any atom is 0.250 e. The fraction of sp³-hybridized carbons (Fsp3) is 0.129. The van der Waals surface area contributed by atoms with Gasteiger partial charge in [0.1, 0.15) is 5.82 Å². The number of carbonyl (C=O) groups is 1. The van der Waals surface area contributed by atoms with E-state index in [1.54, 1.807) is 52.5 Å².